The van der Waals surface area contributed by atoms with E-state index >= 15 is 0 Å². The van der Waals surface area contributed by atoms with Crippen molar-refractivity contribution in [1.82, 2.24) is 0 Å². The van der Waals surface area contributed by atoms with Crippen molar-refractivity contribution < 1.29 is 38.0 Å². The Labute approximate surface area is 150 Å². The Balaban J connectivity index is 1.64. The second-order valence-electron chi connectivity index (χ2n) is 6.51. The summed E-state index contributed by atoms with van der Waals surface area (Å²) in [5, 5.41) is 0. The van der Waals surface area contributed by atoms with E-state index in [1.54, 1.807) is 0 Å². The molecule has 0 saturated carbocycles. The van der Waals surface area contributed by atoms with Crippen LogP contribution < -0.4 is 0 Å². The van der Waals surface area contributed by atoms with Crippen molar-refractivity contribution in [3.63, 3.8) is 0 Å². The number of esters is 2. The van der Waals surface area contributed by atoms with Gasteiger partial charge in [0.15, 0.2) is 18.5 Å². The van der Waals surface area contributed by atoms with Crippen molar-refractivity contribution in [2.75, 3.05) is 13.7 Å². The Morgan fingerprint density at radius 2 is 2.04 bits per heavy atom. The van der Waals surface area contributed by atoms with Gasteiger partial charge in [0.05, 0.1) is 6.61 Å². The zero-order valence-electron chi connectivity index (χ0n) is 14.5. The first-order valence-electron chi connectivity index (χ1n) is 8.44. The summed E-state index contributed by atoms with van der Waals surface area (Å²) in [5.74, 6) is -2.30. The van der Waals surface area contributed by atoms with Crippen LogP contribution in [0.2, 0.25) is 0 Å². The molecular weight excluding hydrogens is 344 g/mol. The quantitative estimate of drug-likeness (QED) is 0.737. The van der Waals surface area contributed by atoms with Crippen molar-refractivity contribution in [2.45, 2.75) is 49.8 Å². The van der Waals surface area contributed by atoms with Gasteiger partial charge in [0.1, 0.15) is 18.6 Å². The number of ether oxygens (including phenoxy) is 6. The average molecular weight is 364 g/mol. The first-order valence-corrected chi connectivity index (χ1v) is 8.44. The molecule has 0 amide bonds. The Hall–Kier alpha value is -2.00. The Morgan fingerprint density at radius 3 is 2.73 bits per heavy atom. The molecule has 0 aliphatic carbocycles. The largest absolute Gasteiger partial charge is 0.455 e. The van der Waals surface area contributed by atoms with Crippen molar-refractivity contribution in [3.05, 3.63) is 35.9 Å². The number of carbonyl (C=O) groups is 2. The van der Waals surface area contributed by atoms with Crippen LogP contribution in [-0.2, 0) is 38.0 Å². The van der Waals surface area contributed by atoms with E-state index in [0.29, 0.717) is 0 Å². The summed E-state index contributed by atoms with van der Waals surface area (Å²) in [6.07, 6.45) is -3.70. The fraction of sp³-hybridized carbons (Fsp3) is 0.556. The molecule has 1 aromatic rings. The highest BCUT2D eigenvalue weighted by molar-refractivity contribution is 5.74. The number of benzene rings is 1. The monoisotopic (exact) mass is 364 g/mol. The molecule has 3 saturated heterocycles. The molecule has 0 N–H and O–H groups in total. The van der Waals surface area contributed by atoms with Gasteiger partial charge < -0.3 is 28.4 Å². The smallest absolute Gasteiger partial charge is 0.312 e. The second-order valence-corrected chi connectivity index (χ2v) is 6.51. The topological polar surface area (TPSA) is 89.5 Å². The summed E-state index contributed by atoms with van der Waals surface area (Å²) in [6.45, 7) is 1.50. The lowest BCUT2D eigenvalue weighted by atomic mass is 9.91. The molecule has 8 heteroatoms. The van der Waals surface area contributed by atoms with Gasteiger partial charge >= 0.3 is 11.9 Å². The molecule has 3 aliphatic heterocycles. The minimum Gasteiger partial charge on any atom is -0.455 e. The minimum atomic E-state index is -1.31. The number of methoxy groups -OCH3 is 1. The highest BCUT2D eigenvalue weighted by Gasteiger charge is 2.65. The average Bonchev–Trinajstić information content (AvgIpc) is 2.98. The lowest BCUT2D eigenvalue weighted by molar-refractivity contribution is -0.384. The maximum Gasteiger partial charge on any atom is 0.312 e. The summed E-state index contributed by atoms with van der Waals surface area (Å²) in [5.41, 5.74) is 0.833. The molecule has 0 bridgehead atoms. The second kappa shape index (κ2) is 6.62. The molecule has 0 radical (unpaired) electrons. The first kappa shape index (κ1) is 17.4. The lowest BCUT2D eigenvalue weighted by Gasteiger charge is -2.50. The van der Waals surface area contributed by atoms with E-state index in [2.05, 4.69) is 0 Å². The van der Waals surface area contributed by atoms with Crippen LogP contribution >= 0.6 is 0 Å². The van der Waals surface area contributed by atoms with Crippen LogP contribution in [0.5, 0.6) is 0 Å². The number of hydrogen-bond acceptors (Lipinski definition) is 8. The molecule has 26 heavy (non-hydrogen) atoms. The molecule has 140 valence electrons. The lowest BCUT2D eigenvalue weighted by Crippen LogP contribution is -2.67. The van der Waals surface area contributed by atoms with Gasteiger partial charge in [0.25, 0.3) is 0 Å². The molecule has 1 aromatic carbocycles. The zero-order chi connectivity index (χ0) is 18.3. The first-order chi connectivity index (χ1) is 12.5. The predicted molar refractivity (Wildman–Crippen MR) is 84.7 cm³/mol. The molecule has 0 spiro atoms. The van der Waals surface area contributed by atoms with E-state index in [-0.39, 0.29) is 13.0 Å². The molecule has 0 aromatic heterocycles. The minimum absolute atomic E-state index is 0.0860. The standard InChI is InChI=1S/C18H20O8/c1-10(19)23-15-14-12(26-18(21-2)8-13(20)24-16(15)18)9-22-17(25-14)11-6-4-3-5-7-11/h3-7,12,14-17H,8-9H2,1-2H3/t12-,14-,15+,16+,17-,18+/m1/s1. The SMILES string of the molecule is CO[C@]12CC(=O)O[C@H]1[C@@H](OC(C)=O)[C@@H]1O[C@H](c3ccccc3)OC[C@H]1O2. The summed E-state index contributed by atoms with van der Waals surface area (Å²) in [6, 6.07) is 9.41. The maximum atomic E-state index is 11.9. The van der Waals surface area contributed by atoms with E-state index in [1.807, 2.05) is 30.3 Å². The van der Waals surface area contributed by atoms with Gasteiger partial charge in [-0.2, -0.15) is 0 Å². The van der Waals surface area contributed by atoms with Crippen LogP contribution in [0.4, 0.5) is 0 Å². The van der Waals surface area contributed by atoms with E-state index in [0.717, 1.165) is 5.56 Å². The van der Waals surface area contributed by atoms with Crippen molar-refractivity contribution in [1.29, 1.82) is 0 Å². The molecule has 3 fully saturated rings. The molecular formula is C18H20O8. The molecule has 0 unspecified atom stereocenters. The molecule has 3 heterocycles. The highest BCUT2D eigenvalue weighted by Crippen LogP contribution is 2.45. The Morgan fingerprint density at radius 1 is 1.27 bits per heavy atom. The molecule has 6 atom stereocenters. The highest BCUT2D eigenvalue weighted by atomic mass is 16.8. The normalized spacial score (nSPS) is 38.8. The summed E-state index contributed by atoms with van der Waals surface area (Å²) in [7, 11) is 1.43. The zero-order valence-corrected chi connectivity index (χ0v) is 14.5. The molecule has 3 aliphatic rings. The number of fused-ring (bicyclic) bond motifs is 2. The van der Waals surface area contributed by atoms with Gasteiger partial charge in [-0.25, -0.2) is 0 Å². The third-order valence-corrected chi connectivity index (χ3v) is 4.83. The number of rotatable bonds is 3. The number of hydrogen-bond donors (Lipinski definition) is 0. The predicted octanol–water partition coefficient (Wildman–Crippen LogP) is 1.09. The molecule has 4 rings (SSSR count). The Bertz CT molecular complexity index is 692. The van der Waals surface area contributed by atoms with Gasteiger partial charge in [-0.15, -0.1) is 0 Å². The van der Waals surface area contributed by atoms with Crippen molar-refractivity contribution in [2.24, 2.45) is 0 Å². The van der Waals surface area contributed by atoms with Crippen LogP contribution in [0.3, 0.4) is 0 Å². The van der Waals surface area contributed by atoms with Gasteiger partial charge in [-0.1, -0.05) is 30.3 Å². The number of carbonyl (C=O) groups excluding carboxylic acids is 2. The van der Waals surface area contributed by atoms with Crippen LogP contribution in [0.25, 0.3) is 0 Å². The molecule has 8 nitrogen and oxygen atoms in total. The van der Waals surface area contributed by atoms with Gasteiger partial charge in [-0.05, 0) is 0 Å². The van der Waals surface area contributed by atoms with Gasteiger partial charge in [0, 0.05) is 19.6 Å². The summed E-state index contributed by atoms with van der Waals surface area (Å²) < 4.78 is 34.2. The van der Waals surface area contributed by atoms with Crippen LogP contribution in [0.15, 0.2) is 30.3 Å². The van der Waals surface area contributed by atoms with Crippen molar-refractivity contribution in [3.8, 4) is 0 Å². The van der Waals surface area contributed by atoms with Crippen molar-refractivity contribution >= 4 is 11.9 Å². The fourth-order valence-electron chi connectivity index (χ4n) is 3.71. The van der Waals surface area contributed by atoms with E-state index in [9.17, 15) is 9.59 Å². The third-order valence-electron chi connectivity index (χ3n) is 4.83. The summed E-state index contributed by atoms with van der Waals surface area (Å²) in [4.78, 5) is 23.6. The van der Waals surface area contributed by atoms with E-state index in [4.69, 9.17) is 28.4 Å². The summed E-state index contributed by atoms with van der Waals surface area (Å²) >= 11 is 0. The third kappa shape index (κ3) is 2.88. The Kier molecular flexibility index (Phi) is 4.44. The fourth-order valence-corrected chi connectivity index (χ4v) is 3.71. The van der Waals surface area contributed by atoms with Crippen LogP contribution in [-0.4, -0.2) is 55.9 Å². The van der Waals surface area contributed by atoms with Gasteiger partial charge in [-0.3, -0.25) is 9.59 Å². The maximum absolute atomic E-state index is 11.9. The van der Waals surface area contributed by atoms with E-state index < -0.39 is 48.4 Å². The van der Waals surface area contributed by atoms with Crippen LogP contribution in [0, 0.1) is 0 Å². The van der Waals surface area contributed by atoms with E-state index in [1.165, 1.54) is 14.0 Å². The van der Waals surface area contributed by atoms with Crippen LogP contribution in [0.1, 0.15) is 25.2 Å². The van der Waals surface area contributed by atoms with Gasteiger partial charge in [0.2, 0.25) is 5.79 Å².